The minimum Gasteiger partial charge on any atom is -0.341 e. The average molecular weight is 337 g/mol. The summed E-state index contributed by atoms with van der Waals surface area (Å²) in [5.41, 5.74) is 1.19. The van der Waals surface area contributed by atoms with Crippen LogP contribution in [0.25, 0.3) is 0 Å². The van der Waals surface area contributed by atoms with Crippen LogP contribution in [0.4, 0.5) is 0 Å². The van der Waals surface area contributed by atoms with Gasteiger partial charge in [-0.05, 0) is 24.2 Å². The zero-order valence-corrected chi connectivity index (χ0v) is 15.0. The predicted octanol–water partition coefficient (Wildman–Crippen LogP) is 1.86. The molecule has 5 nitrogen and oxygen atoms in total. The minimum atomic E-state index is 0.0598. The Hall–Kier alpha value is -1.01. The molecular formula is C17H28N4OS. The SMILES string of the molecule is CCSC1CCCCN(C(=O)[C@H]2CNC[C@@H]2c2cnn(C)c2)C1. The highest BCUT2D eigenvalue weighted by atomic mass is 32.2. The first kappa shape index (κ1) is 16.8. The van der Waals surface area contributed by atoms with Crippen LogP contribution in [0, 0.1) is 5.92 Å². The molecular weight excluding hydrogens is 308 g/mol. The normalized spacial score (nSPS) is 28.8. The monoisotopic (exact) mass is 336 g/mol. The fraction of sp³-hybridized carbons (Fsp3) is 0.765. The Morgan fingerprint density at radius 2 is 2.30 bits per heavy atom. The van der Waals surface area contributed by atoms with E-state index < -0.39 is 0 Å². The van der Waals surface area contributed by atoms with Crippen LogP contribution in [0.3, 0.4) is 0 Å². The van der Waals surface area contributed by atoms with Gasteiger partial charge in [-0.3, -0.25) is 9.48 Å². The standard InChI is InChI=1S/C17H28N4OS/c1-3-23-14-6-4-5-7-21(12-14)17(22)16-10-18-9-15(16)13-8-19-20(2)11-13/h8,11,14-16,18H,3-7,9-10,12H2,1-2H3/t14?,15-,16+/m1/s1. The van der Waals surface area contributed by atoms with Gasteiger partial charge in [-0.1, -0.05) is 13.3 Å². The quantitative estimate of drug-likeness (QED) is 0.912. The largest absolute Gasteiger partial charge is 0.341 e. The molecule has 1 unspecified atom stereocenters. The van der Waals surface area contributed by atoms with Crippen molar-refractivity contribution in [2.75, 3.05) is 31.9 Å². The third-order valence-electron chi connectivity index (χ3n) is 5.03. The Labute approximate surface area is 143 Å². The maximum atomic E-state index is 13.1. The Bertz CT molecular complexity index is 532. The second-order valence-electron chi connectivity index (χ2n) is 6.68. The molecule has 0 aromatic carbocycles. The Morgan fingerprint density at radius 1 is 1.43 bits per heavy atom. The number of amides is 1. The third-order valence-corrected chi connectivity index (χ3v) is 6.22. The first-order chi connectivity index (χ1) is 11.2. The molecule has 1 aromatic heterocycles. The maximum absolute atomic E-state index is 13.1. The molecule has 1 N–H and O–H groups in total. The molecule has 3 heterocycles. The van der Waals surface area contributed by atoms with Crippen molar-refractivity contribution < 1.29 is 4.79 Å². The van der Waals surface area contributed by atoms with Gasteiger partial charge in [0.15, 0.2) is 0 Å². The number of aromatic nitrogens is 2. The Kier molecular flexibility index (Phi) is 5.64. The van der Waals surface area contributed by atoms with E-state index in [0.717, 1.165) is 38.4 Å². The third kappa shape index (κ3) is 3.91. The van der Waals surface area contributed by atoms with E-state index in [2.05, 4.69) is 28.4 Å². The van der Waals surface area contributed by atoms with Crippen LogP contribution >= 0.6 is 11.8 Å². The number of thioether (sulfide) groups is 1. The number of nitrogens with zero attached hydrogens (tertiary/aromatic N) is 3. The van der Waals surface area contributed by atoms with Gasteiger partial charge in [0.05, 0.1) is 12.1 Å². The van der Waals surface area contributed by atoms with Crippen molar-refractivity contribution in [3.63, 3.8) is 0 Å². The molecule has 0 spiro atoms. The summed E-state index contributed by atoms with van der Waals surface area (Å²) in [6.07, 6.45) is 7.60. The summed E-state index contributed by atoms with van der Waals surface area (Å²) in [6.45, 7) is 5.73. The summed E-state index contributed by atoms with van der Waals surface area (Å²) in [4.78, 5) is 15.3. The van der Waals surface area contributed by atoms with Crippen molar-refractivity contribution in [1.82, 2.24) is 20.0 Å². The van der Waals surface area contributed by atoms with Crippen molar-refractivity contribution in [2.24, 2.45) is 13.0 Å². The summed E-state index contributed by atoms with van der Waals surface area (Å²) in [6, 6.07) is 0. The van der Waals surface area contributed by atoms with Crippen molar-refractivity contribution in [2.45, 2.75) is 37.4 Å². The van der Waals surface area contributed by atoms with Gasteiger partial charge >= 0.3 is 0 Å². The van der Waals surface area contributed by atoms with Gasteiger partial charge in [-0.15, -0.1) is 0 Å². The number of carbonyl (C=O) groups is 1. The van der Waals surface area contributed by atoms with E-state index in [1.54, 1.807) is 0 Å². The van der Waals surface area contributed by atoms with Crippen molar-refractivity contribution in [3.05, 3.63) is 18.0 Å². The minimum absolute atomic E-state index is 0.0598. The van der Waals surface area contributed by atoms with Gasteiger partial charge in [-0.25, -0.2) is 0 Å². The smallest absolute Gasteiger partial charge is 0.227 e. The fourth-order valence-electron chi connectivity index (χ4n) is 3.83. The van der Waals surface area contributed by atoms with Crippen LogP contribution in [0.5, 0.6) is 0 Å². The average Bonchev–Trinajstić information content (AvgIpc) is 3.11. The maximum Gasteiger partial charge on any atom is 0.227 e. The number of rotatable bonds is 4. The van der Waals surface area contributed by atoms with Crippen LogP contribution in [-0.4, -0.2) is 57.8 Å². The van der Waals surface area contributed by atoms with Gasteiger partial charge < -0.3 is 10.2 Å². The molecule has 1 aromatic rings. The first-order valence-electron chi connectivity index (χ1n) is 8.78. The van der Waals surface area contributed by atoms with Gasteiger partial charge in [0.25, 0.3) is 0 Å². The number of hydrogen-bond donors (Lipinski definition) is 1. The van der Waals surface area contributed by atoms with E-state index in [4.69, 9.17) is 0 Å². The summed E-state index contributed by atoms with van der Waals surface area (Å²) in [5, 5.41) is 8.30. The van der Waals surface area contributed by atoms with E-state index in [-0.39, 0.29) is 11.8 Å². The van der Waals surface area contributed by atoms with E-state index >= 15 is 0 Å². The predicted molar refractivity (Wildman–Crippen MR) is 94.7 cm³/mol. The van der Waals surface area contributed by atoms with Gasteiger partial charge in [-0.2, -0.15) is 16.9 Å². The van der Waals surface area contributed by atoms with Crippen molar-refractivity contribution >= 4 is 17.7 Å². The Morgan fingerprint density at radius 3 is 3.04 bits per heavy atom. The molecule has 2 saturated heterocycles. The molecule has 2 aliphatic rings. The molecule has 0 bridgehead atoms. The van der Waals surface area contributed by atoms with Gasteiger partial charge in [0.1, 0.15) is 0 Å². The van der Waals surface area contributed by atoms with Crippen molar-refractivity contribution in [3.8, 4) is 0 Å². The van der Waals surface area contributed by atoms with E-state index in [1.807, 2.05) is 29.7 Å². The number of carbonyl (C=O) groups excluding carboxylic acids is 1. The van der Waals surface area contributed by atoms with Crippen molar-refractivity contribution in [1.29, 1.82) is 0 Å². The molecule has 6 heteroatoms. The summed E-state index contributed by atoms with van der Waals surface area (Å²) >= 11 is 2.01. The van der Waals surface area contributed by atoms with Gasteiger partial charge in [0, 0.05) is 50.6 Å². The molecule has 3 atom stereocenters. The molecule has 2 aliphatic heterocycles. The lowest BCUT2D eigenvalue weighted by molar-refractivity contribution is -0.135. The molecule has 3 rings (SSSR count). The number of hydrogen-bond acceptors (Lipinski definition) is 4. The first-order valence-corrected chi connectivity index (χ1v) is 9.83. The summed E-state index contributed by atoms with van der Waals surface area (Å²) in [7, 11) is 1.93. The lowest BCUT2D eigenvalue weighted by Crippen LogP contribution is -2.41. The molecule has 128 valence electrons. The molecule has 0 saturated carbocycles. The van der Waals surface area contributed by atoms with E-state index in [0.29, 0.717) is 11.2 Å². The van der Waals surface area contributed by atoms with Crippen LogP contribution in [0.1, 0.15) is 37.7 Å². The zero-order valence-electron chi connectivity index (χ0n) is 14.2. The van der Waals surface area contributed by atoms with E-state index in [1.165, 1.54) is 18.4 Å². The molecule has 0 aliphatic carbocycles. The van der Waals surface area contributed by atoms with Crippen LogP contribution in [0.15, 0.2) is 12.4 Å². The lowest BCUT2D eigenvalue weighted by atomic mass is 9.89. The summed E-state index contributed by atoms with van der Waals surface area (Å²) in [5.74, 6) is 1.80. The molecule has 2 fully saturated rings. The highest BCUT2D eigenvalue weighted by Crippen LogP contribution is 2.31. The molecule has 23 heavy (non-hydrogen) atoms. The second-order valence-corrected chi connectivity index (χ2v) is 8.25. The van der Waals surface area contributed by atoms with Crippen LogP contribution in [-0.2, 0) is 11.8 Å². The van der Waals surface area contributed by atoms with E-state index in [9.17, 15) is 4.79 Å². The zero-order chi connectivity index (χ0) is 16.2. The Balaban J connectivity index is 1.70. The highest BCUT2D eigenvalue weighted by Gasteiger charge is 2.37. The molecule has 1 amide bonds. The van der Waals surface area contributed by atoms with Crippen LogP contribution < -0.4 is 5.32 Å². The topological polar surface area (TPSA) is 50.2 Å². The number of likely N-dealkylation sites (tertiary alicyclic amines) is 1. The number of aryl methyl sites for hydroxylation is 1. The fourth-order valence-corrected chi connectivity index (χ4v) is 4.92. The second kappa shape index (κ2) is 7.71. The number of nitrogens with one attached hydrogen (secondary N) is 1. The highest BCUT2D eigenvalue weighted by molar-refractivity contribution is 7.99. The van der Waals surface area contributed by atoms with Gasteiger partial charge in [0.2, 0.25) is 5.91 Å². The van der Waals surface area contributed by atoms with Crippen LogP contribution in [0.2, 0.25) is 0 Å². The summed E-state index contributed by atoms with van der Waals surface area (Å²) < 4.78 is 1.83. The molecule has 0 radical (unpaired) electrons. The lowest BCUT2D eigenvalue weighted by Gasteiger charge is -2.28.